The lowest BCUT2D eigenvalue weighted by Crippen LogP contribution is -2.00. The molecule has 0 spiro atoms. The molecule has 0 amide bonds. The third-order valence-corrected chi connectivity index (χ3v) is 4.22. The van der Waals surface area contributed by atoms with Gasteiger partial charge in [0.05, 0.1) is 5.39 Å². The van der Waals surface area contributed by atoms with E-state index in [4.69, 9.17) is 0 Å². The van der Waals surface area contributed by atoms with Crippen molar-refractivity contribution in [1.29, 1.82) is 0 Å². The Kier molecular flexibility index (Phi) is 3.46. The summed E-state index contributed by atoms with van der Waals surface area (Å²) >= 11 is 0. The Morgan fingerprint density at radius 3 is 2.42 bits per heavy atom. The number of hydrogen-bond donors (Lipinski definition) is 1. The van der Waals surface area contributed by atoms with Crippen LogP contribution in [0.2, 0.25) is 0 Å². The van der Waals surface area contributed by atoms with Crippen LogP contribution in [0.1, 0.15) is 11.3 Å². The lowest BCUT2D eigenvalue weighted by Gasteiger charge is -2.08. The van der Waals surface area contributed by atoms with E-state index in [0.717, 1.165) is 39.6 Å². The molecule has 0 bridgehead atoms. The van der Waals surface area contributed by atoms with Gasteiger partial charge in [0, 0.05) is 17.6 Å². The van der Waals surface area contributed by atoms with Gasteiger partial charge in [0.25, 0.3) is 0 Å². The molecule has 0 fully saturated rings. The van der Waals surface area contributed by atoms with Gasteiger partial charge in [-0.15, -0.1) is 0 Å². The van der Waals surface area contributed by atoms with Gasteiger partial charge < -0.3 is 5.32 Å². The Morgan fingerprint density at radius 2 is 1.67 bits per heavy atom. The second kappa shape index (κ2) is 5.77. The van der Waals surface area contributed by atoms with Crippen LogP contribution in [0, 0.1) is 13.8 Å². The summed E-state index contributed by atoms with van der Waals surface area (Å²) in [4.78, 5) is 13.3. The van der Waals surface area contributed by atoms with Gasteiger partial charge in [-0.3, -0.25) is 4.57 Å². The Labute approximate surface area is 140 Å². The van der Waals surface area contributed by atoms with E-state index >= 15 is 0 Å². The summed E-state index contributed by atoms with van der Waals surface area (Å²) in [5, 5.41) is 4.32. The second-order valence-electron chi connectivity index (χ2n) is 5.64. The third-order valence-electron chi connectivity index (χ3n) is 4.22. The highest BCUT2D eigenvalue weighted by molar-refractivity contribution is 5.94. The van der Waals surface area contributed by atoms with Crippen LogP contribution in [0.5, 0.6) is 0 Å². The molecule has 5 heteroatoms. The molecular weight excluding hydrogens is 298 g/mol. The zero-order chi connectivity index (χ0) is 16.5. The fourth-order valence-corrected chi connectivity index (χ4v) is 2.94. The van der Waals surface area contributed by atoms with Crippen LogP contribution in [0.4, 0.5) is 11.6 Å². The summed E-state index contributed by atoms with van der Waals surface area (Å²) in [6.07, 6.45) is 3.35. The molecule has 4 rings (SSSR count). The predicted molar refractivity (Wildman–Crippen MR) is 95.9 cm³/mol. The molecule has 118 valence electrons. The first-order chi connectivity index (χ1) is 11.8. The standard InChI is InChI=1S/C19H17N5/c1-13-14(2)24(15-8-4-3-5-9-15)19-17(13)18(21-12-22-19)23-16-10-6-7-11-20-16/h3-12H,1-2H3,(H,20,21,22,23). The molecule has 0 unspecified atom stereocenters. The van der Waals surface area contributed by atoms with Crippen molar-refractivity contribution < 1.29 is 0 Å². The van der Waals surface area contributed by atoms with Gasteiger partial charge in [0.15, 0.2) is 5.65 Å². The van der Waals surface area contributed by atoms with Crippen LogP contribution < -0.4 is 5.32 Å². The number of aryl methyl sites for hydroxylation is 1. The normalized spacial score (nSPS) is 10.9. The van der Waals surface area contributed by atoms with Crippen molar-refractivity contribution in [3.63, 3.8) is 0 Å². The largest absolute Gasteiger partial charge is 0.324 e. The van der Waals surface area contributed by atoms with Crippen molar-refractivity contribution in [2.45, 2.75) is 13.8 Å². The van der Waals surface area contributed by atoms with Crippen molar-refractivity contribution in [2.75, 3.05) is 5.32 Å². The van der Waals surface area contributed by atoms with Gasteiger partial charge in [0.2, 0.25) is 0 Å². The van der Waals surface area contributed by atoms with Crippen LogP contribution in [0.3, 0.4) is 0 Å². The maximum Gasteiger partial charge on any atom is 0.150 e. The Balaban J connectivity index is 1.93. The Bertz CT molecular complexity index is 991. The van der Waals surface area contributed by atoms with Gasteiger partial charge in [-0.25, -0.2) is 15.0 Å². The van der Waals surface area contributed by atoms with Crippen molar-refractivity contribution >= 4 is 22.7 Å². The Morgan fingerprint density at radius 1 is 0.875 bits per heavy atom. The number of pyridine rings is 1. The first-order valence-electron chi connectivity index (χ1n) is 7.82. The van der Waals surface area contributed by atoms with Gasteiger partial charge >= 0.3 is 0 Å². The van der Waals surface area contributed by atoms with Gasteiger partial charge in [-0.1, -0.05) is 24.3 Å². The molecule has 1 N–H and O–H groups in total. The lowest BCUT2D eigenvalue weighted by atomic mass is 10.2. The molecule has 1 aromatic carbocycles. The molecular formula is C19H17N5. The molecule has 0 atom stereocenters. The number of para-hydroxylation sites is 1. The maximum absolute atomic E-state index is 4.53. The van der Waals surface area contributed by atoms with Crippen molar-refractivity contribution in [2.24, 2.45) is 0 Å². The average Bonchev–Trinajstić information content (AvgIpc) is 2.88. The number of nitrogens with zero attached hydrogens (tertiary/aromatic N) is 4. The van der Waals surface area contributed by atoms with Crippen LogP contribution in [-0.4, -0.2) is 19.5 Å². The monoisotopic (exact) mass is 315 g/mol. The molecule has 3 heterocycles. The molecule has 0 saturated heterocycles. The van der Waals surface area contributed by atoms with Crippen LogP contribution in [0.25, 0.3) is 16.7 Å². The van der Waals surface area contributed by atoms with E-state index in [2.05, 4.69) is 50.8 Å². The van der Waals surface area contributed by atoms with Crippen LogP contribution in [-0.2, 0) is 0 Å². The summed E-state index contributed by atoms with van der Waals surface area (Å²) < 4.78 is 2.16. The smallest absolute Gasteiger partial charge is 0.150 e. The minimum absolute atomic E-state index is 0.766. The number of aromatic nitrogens is 4. The molecule has 0 aliphatic heterocycles. The topological polar surface area (TPSA) is 55.6 Å². The van der Waals surface area contributed by atoms with E-state index in [-0.39, 0.29) is 0 Å². The number of hydrogen-bond acceptors (Lipinski definition) is 4. The van der Waals surface area contributed by atoms with E-state index in [1.165, 1.54) is 0 Å². The minimum Gasteiger partial charge on any atom is -0.324 e. The number of benzene rings is 1. The average molecular weight is 315 g/mol. The van der Waals surface area contributed by atoms with Gasteiger partial charge in [0.1, 0.15) is 18.0 Å². The quantitative estimate of drug-likeness (QED) is 0.616. The minimum atomic E-state index is 0.766. The number of anilines is 2. The zero-order valence-corrected chi connectivity index (χ0v) is 13.6. The summed E-state index contributed by atoms with van der Waals surface area (Å²) in [5.41, 5.74) is 4.30. The maximum atomic E-state index is 4.53. The third kappa shape index (κ3) is 2.31. The van der Waals surface area contributed by atoms with Crippen molar-refractivity contribution in [3.8, 4) is 5.69 Å². The second-order valence-corrected chi connectivity index (χ2v) is 5.64. The predicted octanol–water partition coefficient (Wildman–Crippen LogP) is 4.18. The first-order valence-corrected chi connectivity index (χ1v) is 7.82. The molecule has 24 heavy (non-hydrogen) atoms. The summed E-state index contributed by atoms with van der Waals surface area (Å²) in [5.74, 6) is 1.54. The molecule has 0 aliphatic carbocycles. The number of nitrogens with one attached hydrogen (secondary N) is 1. The highest BCUT2D eigenvalue weighted by Gasteiger charge is 2.17. The highest BCUT2D eigenvalue weighted by Crippen LogP contribution is 2.32. The zero-order valence-electron chi connectivity index (χ0n) is 13.6. The SMILES string of the molecule is Cc1c(C)n(-c2ccccc2)c2ncnc(Nc3ccccn3)c12. The van der Waals surface area contributed by atoms with Crippen LogP contribution >= 0.6 is 0 Å². The summed E-state index contributed by atoms with van der Waals surface area (Å²) in [6.45, 7) is 4.21. The summed E-state index contributed by atoms with van der Waals surface area (Å²) in [6, 6.07) is 16.0. The Hall–Kier alpha value is -3.21. The number of fused-ring (bicyclic) bond motifs is 1. The first kappa shape index (κ1) is 14.4. The highest BCUT2D eigenvalue weighted by atomic mass is 15.1. The van der Waals surface area contributed by atoms with E-state index in [1.54, 1.807) is 12.5 Å². The van der Waals surface area contributed by atoms with E-state index < -0.39 is 0 Å². The van der Waals surface area contributed by atoms with Gasteiger partial charge in [-0.05, 0) is 43.7 Å². The fourth-order valence-electron chi connectivity index (χ4n) is 2.94. The molecule has 0 saturated carbocycles. The van der Waals surface area contributed by atoms with Crippen LogP contribution in [0.15, 0.2) is 61.1 Å². The molecule has 5 nitrogen and oxygen atoms in total. The summed E-state index contributed by atoms with van der Waals surface area (Å²) in [7, 11) is 0. The molecule has 4 aromatic rings. The van der Waals surface area contributed by atoms with Crippen molar-refractivity contribution in [1.82, 2.24) is 19.5 Å². The van der Waals surface area contributed by atoms with Crippen molar-refractivity contribution in [3.05, 3.63) is 72.3 Å². The fraction of sp³-hybridized carbons (Fsp3) is 0.105. The molecule has 0 aliphatic rings. The van der Waals surface area contributed by atoms with E-state index in [0.29, 0.717) is 0 Å². The van der Waals surface area contributed by atoms with E-state index in [9.17, 15) is 0 Å². The number of rotatable bonds is 3. The van der Waals surface area contributed by atoms with Gasteiger partial charge in [-0.2, -0.15) is 0 Å². The lowest BCUT2D eigenvalue weighted by molar-refractivity contribution is 1.01. The molecule has 0 radical (unpaired) electrons. The van der Waals surface area contributed by atoms with E-state index in [1.807, 2.05) is 36.4 Å². The molecule has 3 aromatic heterocycles.